The van der Waals surface area contributed by atoms with Gasteiger partial charge in [-0.1, -0.05) is 18.2 Å². The van der Waals surface area contributed by atoms with Gasteiger partial charge in [-0.3, -0.25) is 9.69 Å². The van der Waals surface area contributed by atoms with Crippen LogP contribution in [0.5, 0.6) is 17.2 Å². The van der Waals surface area contributed by atoms with Gasteiger partial charge in [-0.15, -0.1) is 0 Å². The van der Waals surface area contributed by atoms with Gasteiger partial charge >= 0.3 is 0 Å². The van der Waals surface area contributed by atoms with Crippen molar-refractivity contribution in [3.05, 3.63) is 108 Å². The molecule has 0 spiro atoms. The highest BCUT2D eigenvalue weighted by molar-refractivity contribution is 6.04. The Morgan fingerprint density at radius 2 is 1.65 bits per heavy atom. The number of hydrogen-bond acceptors (Lipinski definition) is 5. The highest BCUT2D eigenvalue weighted by Gasteiger charge is 2.16. The van der Waals surface area contributed by atoms with Crippen LogP contribution < -0.4 is 20.5 Å². The molecule has 1 aliphatic rings. The van der Waals surface area contributed by atoms with E-state index in [-0.39, 0.29) is 5.91 Å². The number of nitrogens with two attached hydrogens (primary N) is 1. The SMILES string of the molecule is COc1cc(N)ccc1Oc1ccc(NC(=O)c2ccc(-n3cc(CN4CCCC4)c4ccccc43)cc2)cc1. The average molecular weight is 533 g/mol. The largest absolute Gasteiger partial charge is 0.493 e. The van der Waals surface area contributed by atoms with Crippen molar-refractivity contribution in [2.75, 3.05) is 31.2 Å². The first-order valence-electron chi connectivity index (χ1n) is 13.5. The van der Waals surface area contributed by atoms with E-state index in [1.807, 2.05) is 24.3 Å². The summed E-state index contributed by atoms with van der Waals surface area (Å²) in [7, 11) is 1.57. The summed E-state index contributed by atoms with van der Waals surface area (Å²) in [6.07, 6.45) is 4.79. The average Bonchev–Trinajstić information content (AvgIpc) is 3.63. The van der Waals surface area contributed by atoms with Crippen LogP contribution in [0.25, 0.3) is 16.6 Å². The lowest BCUT2D eigenvalue weighted by molar-refractivity contribution is 0.102. The van der Waals surface area contributed by atoms with Gasteiger partial charge in [0.15, 0.2) is 11.5 Å². The van der Waals surface area contributed by atoms with Crippen molar-refractivity contribution in [1.82, 2.24) is 9.47 Å². The number of para-hydroxylation sites is 1. The maximum absolute atomic E-state index is 13.0. The molecule has 7 heteroatoms. The number of ether oxygens (including phenoxy) is 2. The zero-order valence-corrected chi connectivity index (χ0v) is 22.5. The van der Waals surface area contributed by atoms with Crippen LogP contribution in [0.2, 0.25) is 0 Å². The van der Waals surface area contributed by atoms with E-state index in [0.29, 0.717) is 34.2 Å². The van der Waals surface area contributed by atoms with Gasteiger partial charge in [0, 0.05) is 46.8 Å². The van der Waals surface area contributed by atoms with Crippen LogP contribution >= 0.6 is 0 Å². The monoisotopic (exact) mass is 532 g/mol. The van der Waals surface area contributed by atoms with Gasteiger partial charge < -0.3 is 25.1 Å². The number of methoxy groups -OCH3 is 1. The molecular formula is C33H32N4O3. The van der Waals surface area contributed by atoms with E-state index in [2.05, 4.69) is 45.2 Å². The van der Waals surface area contributed by atoms with Gasteiger partial charge in [0.25, 0.3) is 5.91 Å². The van der Waals surface area contributed by atoms with Crippen molar-refractivity contribution < 1.29 is 14.3 Å². The third kappa shape index (κ3) is 5.37. The lowest BCUT2D eigenvalue weighted by Crippen LogP contribution is -2.18. The van der Waals surface area contributed by atoms with E-state index in [1.165, 1.54) is 29.3 Å². The highest BCUT2D eigenvalue weighted by Crippen LogP contribution is 2.33. The van der Waals surface area contributed by atoms with Crippen LogP contribution in [-0.2, 0) is 6.54 Å². The van der Waals surface area contributed by atoms with Gasteiger partial charge in [0.2, 0.25) is 0 Å². The number of nitrogen functional groups attached to an aromatic ring is 1. The predicted molar refractivity (Wildman–Crippen MR) is 160 cm³/mol. The summed E-state index contributed by atoms with van der Waals surface area (Å²) >= 11 is 0. The second-order valence-corrected chi connectivity index (χ2v) is 10.1. The normalized spacial score (nSPS) is 13.4. The standard InChI is InChI=1S/C33H32N4O3/c1-39-32-20-25(34)10-17-31(32)40-28-15-11-26(12-16-28)35-33(38)23-8-13-27(14-9-23)37-22-24(21-36-18-4-5-19-36)29-6-2-3-7-30(29)37/h2-3,6-17,20,22H,4-5,18-19,21,34H2,1H3,(H,35,38). The number of benzene rings is 4. The third-order valence-electron chi connectivity index (χ3n) is 7.32. The Kier molecular flexibility index (Phi) is 7.12. The summed E-state index contributed by atoms with van der Waals surface area (Å²) in [6, 6.07) is 28.7. The van der Waals surface area contributed by atoms with Crippen LogP contribution in [-0.4, -0.2) is 35.6 Å². The van der Waals surface area contributed by atoms with Gasteiger partial charge in [0.1, 0.15) is 5.75 Å². The minimum Gasteiger partial charge on any atom is -0.493 e. The Hall–Kier alpha value is -4.75. The number of carbonyl (C=O) groups excluding carboxylic acids is 1. The molecule has 1 amide bonds. The number of nitrogens with one attached hydrogen (secondary N) is 1. The molecule has 1 aromatic heterocycles. The van der Waals surface area contributed by atoms with Crippen LogP contribution in [0.1, 0.15) is 28.8 Å². The molecule has 0 bridgehead atoms. The van der Waals surface area contributed by atoms with Crippen LogP contribution in [0.15, 0.2) is 97.2 Å². The van der Waals surface area contributed by atoms with E-state index < -0.39 is 0 Å². The number of nitrogens with zero attached hydrogens (tertiary/aromatic N) is 2. The van der Waals surface area contributed by atoms with E-state index in [9.17, 15) is 4.79 Å². The molecule has 202 valence electrons. The smallest absolute Gasteiger partial charge is 0.255 e. The summed E-state index contributed by atoms with van der Waals surface area (Å²) in [5.74, 6) is 1.56. The second kappa shape index (κ2) is 11.2. The fourth-order valence-corrected chi connectivity index (χ4v) is 5.25. The van der Waals surface area contributed by atoms with Gasteiger partial charge in [-0.25, -0.2) is 0 Å². The van der Waals surface area contributed by atoms with E-state index in [4.69, 9.17) is 15.2 Å². The number of carbonyl (C=O) groups is 1. The lowest BCUT2D eigenvalue weighted by atomic mass is 10.1. The van der Waals surface area contributed by atoms with Crippen LogP contribution in [0, 0.1) is 0 Å². The van der Waals surface area contributed by atoms with Gasteiger partial charge in [-0.2, -0.15) is 0 Å². The number of amides is 1. The molecule has 1 saturated heterocycles. The fourth-order valence-electron chi connectivity index (χ4n) is 5.25. The van der Waals surface area contributed by atoms with E-state index in [0.717, 1.165) is 25.3 Å². The Morgan fingerprint density at radius 3 is 2.40 bits per heavy atom. The first kappa shape index (κ1) is 25.5. The fraction of sp³-hybridized carbons (Fsp3) is 0.182. The van der Waals surface area contributed by atoms with Crippen molar-refractivity contribution in [1.29, 1.82) is 0 Å². The van der Waals surface area contributed by atoms with E-state index in [1.54, 1.807) is 49.6 Å². The molecular weight excluding hydrogens is 500 g/mol. The molecule has 0 aliphatic carbocycles. The Labute approximate surface area is 233 Å². The number of anilines is 2. The Morgan fingerprint density at radius 1 is 0.900 bits per heavy atom. The summed E-state index contributed by atoms with van der Waals surface area (Å²) in [5.41, 5.74) is 11.2. The molecule has 0 unspecified atom stereocenters. The molecule has 1 aliphatic heterocycles. The molecule has 5 aromatic rings. The summed E-state index contributed by atoms with van der Waals surface area (Å²) in [5, 5.41) is 4.24. The molecule has 0 saturated carbocycles. The Balaban J connectivity index is 1.14. The van der Waals surface area contributed by atoms with Crippen molar-refractivity contribution in [3.63, 3.8) is 0 Å². The lowest BCUT2D eigenvalue weighted by Gasteiger charge is -2.13. The third-order valence-corrected chi connectivity index (χ3v) is 7.32. The molecule has 0 radical (unpaired) electrons. The van der Waals surface area contributed by atoms with Crippen molar-refractivity contribution in [3.8, 4) is 22.9 Å². The van der Waals surface area contributed by atoms with Crippen molar-refractivity contribution in [2.24, 2.45) is 0 Å². The van der Waals surface area contributed by atoms with Crippen LogP contribution in [0.4, 0.5) is 11.4 Å². The summed E-state index contributed by atoms with van der Waals surface area (Å²) in [4.78, 5) is 15.5. The highest BCUT2D eigenvalue weighted by atomic mass is 16.5. The maximum Gasteiger partial charge on any atom is 0.255 e. The molecule has 2 heterocycles. The molecule has 1 fully saturated rings. The summed E-state index contributed by atoms with van der Waals surface area (Å²) < 4.78 is 13.5. The molecule has 6 rings (SSSR count). The predicted octanol–water partition coefficient (Wildman–Crippen LogP) is 6.86. The quantitative estimate of drug-likeness (QED) is 0.213. The zero-order valence-electron chi connectivity index (χ0n) is 22.5. The second-order valence-electron chi connectivity index (χ2n) is 10.1. The molecule has 3 N–H and O–H groups in total. The number of aromatic nitrogens is 1. The minimum atomic E-state index is -0.174. The number of hydrogen-bond donors (Lipinski definition) is 2. The van der Waals surface area contributed by atoms with Gasteiger partial charge in [-0.05, 0) is 98.2 Å². The number of fused-ring (bicyclic) bond motifs is 1. The number of rotatable bonds is 8. The first-order chi connectivity index (χ1) is 19.6. The minimum absolute atomic E-state index is 0.174. The zero-order chi connectivity index (χ0) is 27.5. The molecule has 7 nitrogen and oxygen atoms in total. The molecule has 0 atom stereocenters. The molecule has 40 heavy (non-hydrogen) atoms. The van der Waals surface area contributed by atoms with Crippen molar-refractivity contribution in [2.45, 2.75) is 19.4 Å². The first-order valence-corrected chi connectivity index (χ1v) is 13.5. The van der Waals surface area contributed by atoms with E-state index >= 15 is 0 Å². The number of likely N-dealkylation sites (tertiary alicyclic amines) is 1. The maximum atomic E-state index is 13.0. The Bertz CT molecular complexity index is 1640. The van der Waals surface area contributed by atoms with Gasteiger partial charge in [0.05, 0.1) is 12.6 Å². The summed E-state index contributed by atoms with van der Waals surface area (Å²) in [6.45, 7) is 3.29. The van der Waals surface area contributed by atoms with Crippen LogP contribution in [0.3, 0.4) is 0 Å². The molecule has 4 aromatic carbocycles. The topological polar surface area (TPSA) is 81.8 Å². The van der Waals surface area contributed by atoms with Crippen molar-refractivity contribution >= 4 is 28.2 Å².